The molecule has 0 saturated heterocycles. The number of likely N-dealkylation sites (N-methyl/N-ethyl adjacent to an activating group) is 1. The van der Waals surface area contributed by atoms with E-state index >= 15 is 0 Å². The maximum atomic E-state index is 10.9. The maximum absolute atomic E-state index is 10.9. The van der Waals surface area contributed by atoms with Gasteiger partial charge in [0.15, 0.2) is 0 Å². The van der Waals surface area contributed by atoms with Crippen LogP contribution in [0.1, 0.15) is 54.5 Å². The van der Waals surface area contributed by atoms with Crippen LogP contribution in [0.15, 0.2) is 48.5 Å². The lowest BCUT2D eigenvalue weighted by molar-refractivity contribution is 0.299. The minimum atomic E-state index is 0.331. The second kappa shape index (κ2) is 11.2. The topological polar surface area (TPSA) is 58.7 Å². The summed E-state index contributed by atoms with van der Waals surface area (Å²) in [5.41, 5.74) is 15.4. The van der Waals surface area contributed by atoms with E-state index in [-0.39, 0.29) is 0 Å². The van der Waals surface area contributed by atoms with Gasteiger partial charge in [0.25, 0.3) is 0 Å². The molecule has 0 spiro atoms. The van der Waals surface area contributed by atoms with Crippen molar-refractivity contribution in [2.45, 2.75) is 52.4 Å². The number of methoxy groups -OCH3 is 1. The minimum absolute atomic E-state index is 0.331. The van der Waals surface area contributed by atoms with E-state index in [2.05, 4.69) is 62.2 Å². The van der Waals surface area contributed by atoms with Gasteiger partial charge in [0.05, 0.1) is 12.8 Å². The van der Waals surface area contributed by atoms with Gasteiger partial charge >= 0.3 is 0 Å². The second-order valence-electron chi connectivity index (χ2n) is 10.4. The minimum Gasteiger partial charge on any atom is -0.507 e. The molecule has 0 unspecified atom stereocenters. The molecule has 0 amide bonds. The molecule has 4 nitrogen and oxygen atoms in total. The number of fused-ring (bicyclic) bond motifs is 1. The first kappa shape index (κ1) is 25.1. The van der Waals surface area contributed by atoms with Crippen LogP contribution in [0.4, 0.5) is 5.69 Å². The molecular formula is C31H40N2O2. The van der Waals surface area contributed by atoms with Crippen molar-refractivity contribution in [3.05, 3.63) is 76.3 Å². The highest BCUT2D eigenvalue weighted by Crippen LogP contribution is 2.43. The number of aromatic hydroxyl groups is 1. The zero-order chi connectivity index (χ0) is 24.9. The fraction of sp³-hybridized carbons (Fsp3) is 0.419. The Morgan fingerprint density at radius 1 is 0.971 bits per heavy atom. The largest absolute Gasteiger partial charge is 0.507 e. The van der Waals surface area contributed by atoms with Gasteiger partial charge in [-0.25, -0.2) is 0 Å². The van der Waals surface area contributed by atoms with Crippen molar-refractivity contribution in [2.75, 3.05) is 33.0 Å². The molecule has 4 rings (SSSR count). The number of phenolic OH excluding ortho intramolecular Hbond substituents is 1. The van der Waals surface area contributed by atoms with E-state index in [9.17, 15) is 5.11 Å². The molecular weight excluding hydrogens is 432 g/mol. The lowest BCUT2D eigenvalue weighted by atomic mass is 9.83. The molecule has 186 valence electrons. The molecule has 0 aliphatic heterocycles. The quantitative estimate of drug-likeness (QED) is 0.361. The smallest absolute Gasteiger partial charge is 0.142 e. The van der Waals surface area contributed by atoms with Crippen molar-refractivity contribution in [2.24, 2.45) is 5.92 Å². The van der Waals surface area contributed by atoms with Crippen LogP contribution < -0.4 is 10.5 Å². The number of hydrogen-bond donors (Lipinski definition) is 2. The molecule has 35 heavy (non-hydrogen) atoms. The normalized spacial score (nSPS) is 13.3. The zero-order valence-electron chi connectivity index (χ0n) is 21.7. The fourth-order valence-electron chi connectivity index (χ4n) is 5.42. The third-order valence-corrected chi connectivity index (χ3v) is 7.18. The number of rotatable bonds is 9. The monoisotopic (exact) mass is 472 g/mol. The number of aryl methyl sites for hydroxylation is 1. The Balaban J connectivity index is 1.64. The zero-order valence-corrected chi connectivity index (χ0v) is 21.7. The van der Waals surface area contributed by atoms with Crippen LogP contribution in [0.3, 0.4) is 0 Å². The Morgan fingerprint density at radius 2 is 1.69 bits per heavy atom. The van der Waals surface area contributed by atoms with Crippen LogP contribution in [0.5, 0.6) is 11.5 Å². The molecule has 3 N–H and O–H groups in total. The summed E-state index contributed by atoms with van der Waals surface area (Å²) in [6, 6.07) is 16.8. The molecule has 3 aromatic carbocycles. The molecule has 0 fully saturated rings. The van der Waals surface area contributed by atoms with Crippen LogP contribution >= 0.6 is 0 Å². The first-order valence-corrected chi connectivity index (χ1v) is 12.9. The van der Waals surface area contributed by atoms with E-state index in [1.165, 1.54) is 28.7 Å². The summed E-state index contributed by atoms with van der Waals surface area (Å²) < 4.78 is 5.57. The van der Waals surface area contributed by atoms with Crippen LogP contribution in [0.2, 0.25) is 0 Å². The Bertz CT molecular complexity index is 1150. The van der Waals surface area contributed by atoms with Gasteiger partial charge in [-0.05, 0) is 90.6 Å². The van der Waals surface area contributed by atoms with Gasteiger partial charge in [-0.3, -0.25) is 0 Å². The predicted molar refractivity (Wildman–Crippen MR) is 146 cm³/mol. The van der Waals surface area contributed by atoms with Crippen LogP contribution in [-0.2, 0) is 25.7 Å². The Morgan fingerprint density at radius 3 is 2.40 bits per heavy atom. The average molecular weight is 473 g/mol. The summed E-state index contributed by atoms with van der Waals surface area (Å²) >= 11 is 0. The van der Waals surface area contributed by atoms with Crippen molar-refractivity contribution in [1.29, 1.82) is 0 Å². The predicted octanol–water partition coefficient (Wildman–Crippen LogP) is 6.25. The summed E-state index contributed by atoms with van der Waals surface area (Å²) in [7, 11) is 3.85. The summed E-state index contributed by atoms with van der Waals surface area (Å²) in [6.07, 6.45) is 6.14. The number of hydrogen-bond acceptors (Lipinski definition) is 4. The molecule has 0 saturated carbocycles. The molecule has 0 bridgehead atoms. The van der Waals surface area contributed by atoms with Crippen molar-refractivity contribution in [3.63, 3.8) is 0 Å². The lowest BCUT2D eigenvalue weighted by Crippen LogP contribution is -2.25. The number of nitrogens with zero attached hydrogens (tertiary/aromatic N) is 1. The van der Waals surface area contributed by atoms with Gasteiger partial charge in [-0.15, -0.1) is 0 Å². The van der Waals surface area contributed by atoms with Gasteiger partial charge in [-0.2, -0.15) is 0 Å². The number of phenols is 1. The number of nitrogen functional groups attached to an aromatic ring is 1. The summed E-state index contributed by atoms with van der Waals surface area (Å²) in [5, 5.41) is 10.9. The van der Waals surface area contributed by atoms with Crippen LogP contribution in [-0.4, -0.2) is 37.3 Å². The Kier molecular flexibility index (Phi) is 8.02. The Hall–Kier alpha value is -2.98. The van der Waals surface area contributed by atoms with E-state index in [0.717, 1.165) is 55.5 Å². The standard InChI is InChI=1S/C31H40N2O2/c1-21(2)20-33(3)18-17-22-9-11-23(12-10-22)19-27-26(14-16-29(35-4)31(27)32)30-25-8-6-5-7-24(25)13-15-28(30)34/h9-16,21,34H,5-8,17-20,32H2,1-4H3. The second-order valence-corrected chi connectivity index (χ2v) is 10.4. The molecule has 1 aliphatic carbocycles. The highest BCUT2D eigenvalue weighted by atomic mass is 16.5. The molecule has 0 atom stereocenters. The lowest BCUT2D eigenvalue weighted by Gasteiger charge is -2.23. The van der Waals surface area contributed by atoms with Gasteiger partial charge in [0.2, 0.25) is 0 Å². The first-order chi connectivity index (χ1) is 16.9. The van der Waals surface area contributed by atoms with Crippen LogP contribution in [0, 0.1) is 5.92 Å². The van der Waals surface area contributed by atoms with Gasteiger partial charge < -0.3 is 20.5 Å². The molecule has 0 radical (unpaired) electrons. The summed E-state index contributed by atoms with van der Waals surface area (Å²) in [6.45, 7) is 6.69. The van der Waals surface area contributed by atoms with E-state index in [0.29, 0.717) is 29.5 Å². The van der Waals surface area contributed by atoms with Crippen molar-refractivity contribution >= 4 is 5.69 Å². The number of nitrogens with two attached hydrogens (primary N) is 1. The molecule has 3 aromatic rings. The highest BCUT2D eigenvalue weighted by Gasteiger charge is 2.22. The first-order valence-electron chi connectivity index (χ1n) is 12.9. The number of benzene rings is 3. The average Bonchev–Trinajstić information content (AvgIpc) is 2.84. The van der Waals surface area contributed by atoms with Gasteiger partial charge in [0, 0.05) is 25.1 Å². The SMILES string of the molecule is COc1ccc(-c2c(O)ccc3c2CCCC3)c(Cc2ccc(CCN(C)CC(C)C)cc2)c1N. The molecule has 0 aromatic heterocycles. The van der Waals surface area contributed by atoms with Crippen molar-refractivity contribution in [1.82, 2.24) is 4.90 Å². The summed E-state index contributed by atoms with van der Waals surface area (Å²) in [5.74, 6) is 1.69. The maximum Gasteiger partial charge on any atom is 0.142 e. The number of ether oxygens (including phenoxy) is 1. The molecule has 0 heterocycles. The van der Waals surface area contributed by atoms with E-state index in [1.807, 2.05) is 12.1 Å². The highest BCUT2D eigenvalue weighted by molar-refractivity contribution is 5.83. The molecule has 4 heteroatoms. The van der Waals surface area contributed by atoms with Crippen molar-refractivity contribution in [3.8, 4) is 22.6 Å². The van der Waals surface area contributed by atoms with E-state index < -0.39 is 0 Å². The van der Waals surface area contributed by atoms with Crippen molar-refractivity contribution < 1.29 is 9.84 Å². The third kappa shape index (κ3) is 5.82. The Labute approximate surface area is 210 Å². The van der Waals surface area contributed by atoms with Gasteiger partial charge in [0.1, 0.15) is 11.5 Å². The molecule has 1 aliphatic rings. The fourth-order valence-corrected chi connectivity index (χ4v) is 5.42. The van der Waals surface area contributed by atoms with E-state index in [4.69, 9.17) is 10.5 Å². The van der Waals surface area contributed by atoms with E-state index in [1.54, 1.807) is 7.11 Å². The third-order valence-electron chi connectivity index (χ3n) is 7.18. The van der Waals surface area contributed by atoms with Gasteiger partial charge in [-0.1, -0.05) is 50.2 Å². The number of anilines is 1. The van der Waals surface area contributed by atoms with Crippen LogP contribution in [0.25, 0.3) is 11.1 Å². The summed E-state index contributed by atoms with van der Waals surface area (Å²) in [4.78, 5) is 2.40.